The second-order valence-corrected chi connectivity index (χ2v) is 10.2. The summed E-state index contributed by atoms with van der Waals surface area (Å²) in [6.07, 6.45) is 3.86. The number of hydrogen-bond acceptors (Lipinski definition) is 5. The Labute approximate surface area is 221 Å². The molecule has 0 radical (unpaired) electrons. The van der Waals surface area contributed by atoms with E-state index in [1.807, 2.05) is 90.6 Å². The summed E-state index contributed by atoms with van der Waals surface area (Å²) < 4.78 is 3.81. The molecule has 7 aromatic rings. The second-order valence-electron chi connectivity index (χ2n) is 9.19. The van der Waals surface area contributed by atoms with E-state index in [9.17, 15) is 4.79 Å². The number of para-hydroxylation sites is 1. The van der Waals surface area contributed by atoms with Gasteiger partial charge in [0.15, 0.2) is 5.82 Å². The summed E-state index contributed by atoms with van der Waals surface area (Å²) in [7, 11) is 0. The van der Waals surface area contributed by atoms with Gasteiger partial charge in [0.05, 0.1) is 10.2 Å². The summed E-state index contributed by atoms with van der Waals surface area (Å²) in [5.41, 5.74) is 5.45. The fourth-order valence-corrected chi connectivity index (χ4v) is 5.47. The molecule has 0 aliphatic rings. The van der Waals surface area contributed by atoms with Gasteiger partial charge in [-0.3, -0.25) is 4.79 Å². The lowest BCUT2D eigenvalue weighted by Gasteiger charge is -2.03. The first-order valence-corrected chi connectivity index (χ1v) is 13.1. The molecule has 38 heavy (non-hydrogen) atoms. The van der Waals surface area contributed by atoms with Crippen molar-refractivity contribution in [2.75, 3.05) is 0 Å². The van der Waals surface area contributed by atoms with Gasteiger partial charge in [0.2, 0.25) is 4.96 Å². The summed E-state index contributed by atoms with van der Waals surface area (Å²) in [5.74, 6) is 0.550. The molecule has 0 aliphatic heterocycles. The fourth-order valence-electron chi connectivity index (χ4n) is 4.57. The van der Waals surface area contributed by atoms with E-state index < -0.39 is 0 Å². The normalized spacial score (nSPS) is 12.1. The van der Waals surface area contributed by atoms with Crippen molar-refractivity contribution in [1.82, 2.24) is 24.4 Å². The minimum absolute atomic E-state index is 0.187. The first-order valence-electron chi connectivity index (χ1n) is 12.2. The van der Waals surface area contributed by atoms with Crippen molar-refractivity contribution in [3.05, 3.63) is 129 Å². The zero-order chi connectivity index (χ0) is 25.6. The Hall–Kier alpha value is -4.88. The summed E-state index contributed by atoms with van der Waals surface area (Å²) >= 11 is 1.33. The molecule has 0 N–H and O–H groups in total. The van der Waals surface area contributed by atoms with E-state index in [1.165, 1.54) is 21.2 Å². The minimum atomic E-state index is -0.187. The number of fused-ring (bicyclic) bond motifs is 2. The molecule has 4 aromatic carbocycles. The summed E-state index contributed by atoms with van der Waals surface area (Å²) in [6, 6.07) is 32.5. The monoisotopic (exact) mass is 511 g/mol. The Balaban J connectivity index is 1.38. The zero-order valence-electron chi connectivity index (χ0n) is 20.4. The molecule has 0 saturated carbocycles. The highest BCUT2D eigenvalue weighted by molar-refractivity contribution is 7.15. The Bertz CT molecular complexity index is 2050. The van der Waals surface area contributed by atoms with Crippen molar-refractivity contribution in [2.45, 2.75) is 6.92 Å². The van der Waals surface area contributed by atoms with Crippen LogP contribution in [0.5, 0.6) is 0 Å². The van der Waals surface area contributed by atoms with Gasteiger partial charge in [0, 0.05) is 22.9 Å². The van der Waals surface area contributed by atoms with E-state index in [1.54, 1.807) is 0 Å². The standard InChI is InChI=1S/C31H21N5OS/c1-20-11-13-22(14-12-20)29-32-31-36(34-29)30(37)27(38-31)18-25-19-35(26-9-3-2-4-10-26)33-28(25)24-16-15-21-7-5-6-8-23(21)17-24/h2-19H,1H3/b27-18-. The lowest BCUT2D eigenvalue weighted by molar-refractivity contribution is 0.884. The molecule has 3 heterocycles. The van der Waals surface area contributed by atoms with Crippen molar-refractivity contribution in [1.29, 1.82) is 0 Å². The third-order valence-corrected chi connectivity index (χ3v) is 7.52. The summed E-state index contributed by atoms with van der Waals surface area (Å²) in [4.78, 5) is 18.5. The summed E-state index contributed by atoms with van der Waals surface area (Å²) in [5, 5.41) is 11.7. The molecule has 6 nitrogen and oxygen atoms in total. The predicted molar refractivity (Wildman–Crippen MR) is 153 cm³/mol. The highest BCUT2D eigenvalue weighted by atomic mass is 32.1. The smallest absolute Gasteiger partial charge is 0.266 e. The first kappa shape index (κ1) is 22.3. The molecule has 3 aromatic heterocycles. The van der Waals surface area contributed by atoms with E-state index in [4.69, 9.17) is 5.10 Å². The average molecular weight is 512 g/mol. The zero-order valence-corrected chi connectivity index (χ0v) is 21.3. The third-order valence-electron chi connectivity index (χ3n) is 6.56. The highest BCUT2D eigenvalue weighted by Gasteiger charge is 2.15. The maximum atomic E-state index is 13.3. The van der Waals surface area contributed by atoms with Gasteiger partial charge in [-0.2, -0.15) is 14.6 Å². The van der Waals surface area contributed by atoms with Crippen LogP contribution in [0.3, 0.4) is 0 Å². The maximum Gasteiger partial charge on any atom is 0.291 e. The number of rotatable bonds is 4. The van der Waals surface area contributed by atoms with Crippen LogP contribution in [-0.2, 0) is 0 Å². The molecule has 0 atom stereocenters. The van der Waals surface area contributed by atoms with Gasteiger partial charge in [-0.05, 0) is 42.0 Å². The van der Waals surface area contributed by atoms with Crippen LogP contribution in [0, 0.1) is 6.92 Å². The maximum absolute atomic E-state index is 13.3. The van der Waals surface area contributed by atoms with Gasteiger partial charge < -0.3 is 0 Å². The largest absolute Gasteiger partial charge is 0.291 e. The predicted octanol–water partition coefficient (Wildman–Crippen LogP) is 5.68. The van der Waals surface area contributed by atoms with E-state index in [2.05, 4.69) is 40.4 Å². The fraction of sp³-hybridized carbons (Fsp3) is 0.0323. The minimum Gasteiger partial charge on any atom is -0.266 e. The molecule has 0 saturated heterocycles. The molecule has 0 spiro atoms. The molecule has 0 bridgehead atoms. The van der Waals surface area contributed by atoms with Crippen molar-refractivity contribution < 1.29 is 0 Å². The molecule has 0 fully saturated rings. The van der Waals surface area contributed by atoms with E-state index >= 15 is 0 Å². The van der Waals surface area contributed by atoms with Crippen LogP contribution in [0.15, 0.2) is 108 Å². The van der Waals surface area contributed by atoms with Gasteiger partial charge >= 0.3 is 0 Å². The molecule has 7 rings (SSSR count). The molecular formula is C31H21N5OS. The lowest BCUT2D eigenvalue weighted by atomic mass is 10.0. The van der Waals surface area contributed by atoms with Crippen molar-refractivity contribution in [2.24, 2.45) is 0 Å². The first-order chi connectivity index (χ1) is 18.6. The van der Waals surface area contributed by atoms with Crippen LogP contribution in [0.2, 0.25) is 0 Å². The van der Waals surface area contributed by atoms with Crippen LogP contribution < -0.4 is 10.1 Å². The quantitative estimate of drug-likeness (QED) is 0.305. The lowest BCUT2D eigenvalue weighted by Crippen LogP contribution is -2.23. The van der Waals surface area contributed by atoms with Crippen molar-refractivity contribution >= 4 is 33.1 Å². The number of aryl methyl sites for hydroxylation is 1. The van der Waals surface area contributed by atoms with Gasteiger partial charge in [0.25, 0.3) is 5.56 Å². The van der Waals surface area contributed by atoms with Crippen molar-refractivity contribution in [3.63, 3.8) is 0 Å². The molecule has 0 aliphatic carbocycles. The molecule has 182 valence electrons. The van der Waals surface area contributed by atoms with E-state index in [0.717, 1.165) is 39.0 Å². The number of benzene rings is 4. The van der Waals surface area contributed by atoms with Crippen molar-refractivity contribution in [3.8, 4) is 28.3 Å². The SMILES string of the molecule is Cc1ccc(-c2nc3s/c(=C\c4cn(-c5ccccc5)nc4-c4ccc5ccccc5c4)c(=O)n3n2)cc1. The average Bonchev–Trinajstić information content (AvgIpc) is 3.64. The number of hydrogen-bond donors (Lipinski definition) is 0. The van der Waals surface area contributed by atoms with E-state index in [0.29, 0.717) is 15.3 Å². The number of aromatic nitrogens is 5. The van der Waals surface area contributed by atoms with Crippen LogP contribution in [0.1, 0.15) is 11.1 Å². The number of thiazole rings is 1. The molecular weight excluding hydrogens is 490 g/mol. The second kappa shape index (κ2) is 8.90. The Morgan fingerprint density at radius 2 is 1.53 bits per heavy atom. The van der Waals surface area contributed by atoms with Gasteiger partial charge in [-0.25, -0.2) is 4.68 Å². The Kier molecular flexibility index (Phi) is 5.23. The van der Waals surface area contributed by atoms with Crippen LogP contribution >= 0.6 is 11.3 Å². The van der Waals surface area contributed by atoms with Gasteiger partial charge in [-0.1, -0.05) is 95.8 Å². The van der Waals surface area contributed by atoms with Crippen LogP contribution in [0.25, 0.3) is 50.1 Å². The summed E-state index contributed by atoms with van der Waals surface area (Å²) in [6.45, 7) is 2.03. The van der Waals surface area contributed by atoms with Crippen LogP contribution in [0.4, 0.5) is 0 Å². The third kappa shape index (κ3) is 3.90. The van der Waals surface area contributed by atoms with Crippen LogP contribution in [-0.4, -0.2) is 24.4 Å². The van der Waals surface area contributed by atoms with Gasteiger partial charge in [0.1, 0.15) is 5.69 Å². The number of nitrogens with zero attached hydrogens (tertiary/aromatic N) is 5. The topological polar surface area (TPSA) is 65.1 Å². The van der Waals surface area contributed by atoms with E-state index in [-0.39, 0.29) is 5.56 Å². The molecule has 0 unspecified atom stereocenters. The van der Waals surface area contributed by atoms with Gasteiger partial charge in [-0.15, -0.1) is 5.10 Å². The Morgan fingerprint density at radius 3 is 2.32 bits per heavy atom. The highest BCUT2D eigenvalue weighted by Crippen LogP contribution is 2.28. The Morgan fingerprint density at radius 1 is 0.789 bits per heavy atom. The molecule has 7 heteroatoms. The molecule has 0 amide bonds.